The predicted octanol–water partition coefficient (Wildman–Crippen LogP) is 3.14. The number of hydrogen-bond donors (Lipinski definition) is 1. The van der Waals surface area contributed by atoms with Crippen molar-refractivity contribution in [3.05, 3.63) is 53.6 Å². The van der Waals surface area contributed by atoms with Crippen molar-refractivity contribution in [1.29, 1.82) is 0 Å². The third kappa shape index (κ3) is 4.25. The Labute approximate surface area is 174 Å². The lowest BCUT2D eigenvalue weighted by Gasteiger charge is -2.29. The Kier molecular flexibility index (Phi) is 5.51. The average Bonchev–Trinajstić information content (AvgIpc) is 2.73. The standard InChI is InChI=1S/C20H22N4O3S2/c1-27-19-8-4-3-7-16(19)21-20-23-22-17(13-28-20)14-9-10-18-15(12-14)6-5-11-24(18)29(2,25)26/h3-4,7-10,12H,5-6,11,13H2,1-2H3,(H,21,23). The van der Waals surface area contributed by atoms with E-state index in [2.05, 4.69) is 21.6 Å². The van der Waals surface area contributed by atoms with E-state index in [1.54, 1.807) is 18.9 Å². The second-order valence-corrected chi connectivity index (χ2v) is 9.70. The zero-order chi connectivity index (χ0) is 20.4. The minimum absolute atomic E-state index is 0.534. The summed E-state index contributed by atoms with van der Waals surface area (Å²) in [5.74, 6) is 1.39. The SMILES string of the molecule is COc1ccccc1N=C1NN=C(c2ccc3c(c2)CCCN3S(C)(=O)=O)CS1. The van der Waals surface area contributed by atoms with Crippen molar-refractivity contribution in [2.24, 2.45) is 10.1 Å². The molecule has 29 heavy (non-hydrogen) atoms. The van der Waals surface area contributed by atoms with Gasteiger partial charge in [-0.25, -0.2) is 13.4 Å². The first-order valence-electron chi connectivity index (χ1n) is 9.24. The van der Waals surface area contributed by atoms with Crippen molar-refractivity contribution < 1.29 is 13.2 Å². The Balaban J connectivity index is 1.56. The molecule has 2 aromatic rings. The number of aliphatic imine (C=N–C) groups is 1. The molecule has 0 saturated heterocycles. The van der Waals surface area contributed by atoms with Crippen molar-refractivity contribution in [1.82, 2.24) is 5.43 Å². The van der Waals surface area contributed by atoms with Gasteiger partial charge in [0.25, 0.3) is 0 Å². The van der Waals surface area contributed by atoms with Gasteiger partial charge in [-0.3, -0.25) is 9.73 Å². The Bertz CT molecular complexity index is 1100. The molecule has 0 amide bonds. The van der Waals surface area contributed by atoms with Crippen LogP contribution in [0.1, 0.15) is 17.5 Å². The zero-order valence-electron chi connectivity index (χ0n) is 16.3. The van der Waals surface area contributed by atoms with E-state index in [9.17, 15) is 8.42 Å². The van der Waals surface area contributed by atoms with Gasteiger partial charge in [-0.1, -0.05) is 30.0 Å². The Morgan fingerprint density at radius 2 is 2.07 bits per heavy atom. The molecule has 9 heteroatoms. The summed E-state index contributed by atoms with van der Waals surface area (Å²) in [6.45, 7) is 0.534. The van der Waals surface area contributed by atoms with Gasteiger partial charge < -0.3 is 4.74 Å². The normalized spacial score (nSPS) is 18.1. The average molecular weight is 431 g/mol. The highest BCUT2D eigenvalue weighted by Gasteiger charge is 2.25. The highest BCUT2D eigenvalue weighted by Crippen LogP contribution is 2.31. The van der Waals surface area contributed by atoms with E-state index < -0.39 is 10.0 Å². The number of ether oxygens (including phenoxy) is 1. The number of hydrogen-bond acceptors (Lipinski definition) is 6. The first-order chi connectivity index (χ1) is 14.0. The van der Waals surface area contributed by atoms with Crippen molar-refractivity contribution in [2.75, 3.05) is 30.0 Å². The molecule has 0 unspecified atom stereocenters. The zero-order valence-corrected chi connectivity index (χ0v) is 17.9. The highest BCUT2D eigenvalue weighted by atomic mass is 32.2. The number of aryl methyl sites for hydroxylation is 1. The van der Waals surface area contributed by atoms with E-state index >= 15 is 0 Å². The molecule has 2 heterocycles. The smallest absolute Gasteiger partial charge is 0.232 e. The molecule has 1 N–H and O–H groups in total. The number of para-hydroxylation sites is 2. The molecule has 0 saturated carbocycles. The molecule has 0 aromatic heterocycles. The Hall–Kier alpha value is -2.52. The maximum atomic E-state index is 12.0. The number of hydrazone groups is 1. The summed E-state index contributed by atoms with van der Waals surface area (Å²) < 4.78 is 30.9. The van der Waals surface area contributed by atoms with Crippen molar-refractivity contribution in [3.63, 3.8) is 0 Å². The van der Waals surface area contributed by atoms with Crippen LogP contribution in [0.4, 0.5) is 11.4 Å². The van der Waals surface area contributed by atoms with Gasteiger partial charge in [-0.05, 0) is 48.2 Å². The van der Waals surface area contributed by atoms with Gasteiger partial charge in [-0.15, -0.1) is 0 Å². The van der Waals surface area contributed by atoms with Crippen LogP contribution in [0.15, 0.2) is 52.6 Å². The molecule has 7 nitrogen and oxygen atoms in total. The molecular weight excluding hydrogens is 408 g/mol. The van der Waals surface area contributed by atoms with Crippen molar-refractivity contribution in [3.8, 4) is 5.75 Å². The number of sulfonamides is 1. The fourth-order valence-corrected chi connectivity index (χ4v) is 5.21. The van der Waals surface area contributed by atoms with Crippen molar-refractivity contribution >= 4 is 44.0 Å². The lowest BCUT2D eigenvalue weighted by molar-refractivity contribution is 0.416. The predicted molar refractivity (Wildman–Crippen MR) is 119 cm³/mol. The van der Waals surface area contributed by atoms with Gasteiger partial charge in [0.1, 0.15) is 11.4 Å². The first-order valence-corrected chi connectivity index (χ1v) is 12.1. The van der Waals surface area contributed by atoms with E-state index in [1.807, 2.05) is 36.4 Å². The summed E-state index contributed by atoms with van der Waals surface area (Å²) in [5, 5.41) is 5.20. The van der Waals surface area contributed by atoms with Crippen LogP contribution in [0.2, 0.25) is 0 Å². The summed E-state index contributed by atoms with van der Waals surface area (Å²) in [5.41, 5.74) is 7.49. The monoisotopic (exact) mass is 430 g/mol. The third-order valence-electron chi connectivity index (χ3n) is 4.83. The Morgan fingerprint density at radius 3 is 2.79 bits per heavy atom. The number of amidine groups is 1. The molecule has 2 aliphatic rings. The van der Waals surface area contributed by atoms with Gasteiger partial charge in [0, 0.05) is 12.3 Å². The number of nitrogens with zero attached hydrogens (tertiary/aromatic N) is 3. The van der Waals surface area contributed by atoms with Crippen molar-refractivity contribution in [2.45, 2.75) is 12.8 Å². The highest BCUT2D eigenvalue weighted by molar-refractivity contribution is 8.14. The minimum atomic E-state index is -3.26. The quantitative estimate of drug-likeness (QED) is 0.806. The molecule has 2 aromatic carbocycles. The number of nitrogens with one attached hydrogen (secondary N) is 1. The van der Waals surface area contributed by atoms with Crippen LogP contribution >= 0.6 is 11.8 Å². The summed E-state index contributed by atoms with van der Waals surface area (Å²) >= 11 is 1.57. The Morgan fingerprint density at radius 1 is 1.24 bits per heavy atom. The van der Waals surface area contributed by atoms with E-state index in [4.69, 9.17) is 4.74 Å². The largest absolute Gasteiger partial charge is 0.494 e. The fourth-order valence-electron chi connectivity index (χ4n) is 3.44. The van der Waals surface area contributed by atoms with Gasteiger partial charge in [0.15, 0.2) is 5.17 Å². The van der Waals surface area contributed by atoms with E-state index in [-0.39, 0.29) is 0 Å². The summed E-state index contributed by atoms with van der Waals surface area (Å²) in [4.78, 5) is 4.59. The maximum absolute atomic E-state index is 12.0. The lowest BCUT2D eigenvalue weighted by Crippen LogP contribution is -2.34. The molecule has 0 radical (unpaired) electrons. The maximum Gasteiger partial charge on any atom is 0.232 e. The molecule has 0 atom stereocenters. The summed E-state index contributed by atoms with van der Waals surface area (Å²) in [6.07, 6.45) is 2.94. The molecule has 152 valence electrons. The third-order valence-corrected chi connectivity index (χ3v) is 6.88. The molecular formula is C20H22N4O3S2. The molecule has 2 aliphatic heterocycles. The van der Waals surface area contributed by atoms with Crippen LogP contribution in [0, 0.1) is 0 Å². The topological polar surface area (TPSA) is 83.4 Å². The number of thioether (sulfide) groups is 1. The van der Waals surface area contributed by atoms with Gasteiger partial charge in [0.05, 0.1) is 24.8 Å². The summed E-state index contributed by atoms with van der Waals surface area (Å²) in [6, 6.07) is 13.5. The summed E-state index contributed by atoms with van der Waals surface area (Å²) in [7, 11) is -1.64. The van der Waals surface area contributed by atoms with Crippen LogP contribution < -0.4 is 14.5 Å². The van der Waals surface area contributed by atoms with Crippen LogP contribution in [-0.2, 0) is 16.4 Å². The lowest BCUT2D eigenvalue weighted by atomic mass is 9.99. The van der Waals surface area contributed by atoms with E-state index in [0.29, 0.717) is 23.2 Å². The fraction of sp³-hybridized carbons (Fsp3) is 0.300. The number of benzene rings is 2. The van der Waals surface area contributed by atoms with Gasteiger partial charge in [0.2, 0.25) is 10.0 Å². The second-order valence-electron chi connectivity index (χ2n) is 6.83. The van der Waals surface area contributed by atoms with E-state index in [1.165, 1.54) is 10.6 Å². The molecule has 4 rings (SSSR count). The van der Waals surface area contributed by atoms with E-state index in [0.717, 1.165) is 41.1 Å². The second kappa shape index (κ2) is 8.08. The van der Waals surface area contributed by atoms with Crippen LogP contribution in [-0.4, -0.2) is 45.0 Å². The number of rotatable bonds is 4. The van der Waals surface area contributed by atoms with Crippen LogP contribution in [0.3, 0.4) is 0 Å². The molecule has 0 fully saturated rings. The number of fused-ring (bicyclic) bond motifs is 1. The van der Waals surface area contributed by atoms with Crippen LogP contribution in [0.5, 0.6) is 5.75 Å². The minimum Gasteiger partial charge on any atom is -0.494 e. The van der Waals surface area contributed by atoms with Crippen LogP contribution in [0.25, 0.3) is 0 Å². The number of anilines is 1. The first kappa shape index (κ1) is 19.8. The van der Waals surface area contributed by atoms with Gasteiger partial charge >= 0.3 is 0 Å². The number of methoxy groups -OCH3 is 1. The van der Waals surface area contributed by atoms with Gasteiger partial charge in [-0.2, -0.15) is 5.10 Å². The molecule has 0 aliphatic carbocycles. The molecule has 0 spiro atoms. The molecule has 0 bridgehead atoms.